The van der Waals surface area contributed by atoms with Crippen molar-refractivity contribution in [1.82, 2.24) is 20.0 Å². The molecule has 4 rings (SSSR count). The number of carbonyl (C=O) groups is 1. The molecule has 1 amide bonds. The standard InChI is InChI=1S/C25H30N4O3/c1-17(2)29-25(31)22-10-5-4-9-21(22)23(27-29)24(30)26-14-19-7-6-8-20(13-19)16-28-11-12-32-18(3)15-28/h4-10,13,17-18H,11-12,14-16H2,1-3H3,(H,26,30). The monoisotopic (exact) mass is 434 g/mol. The van der Waals surface area contributed by atoms with E-state index in [1.54, 1.807) is 18.2 Å². The molecule has 0 bridgehead atoms. The molecule has 1 atom stereocenters. The van der Waals surface area contributed by atoms with Gasteiger partial charge in [-0.25, -0.2) is 4.68 Å². The van der Waals surface area contributed by atoms with Crippen molar-refractivity contribution in [3.05, 3.63) is 75.7 Å². The Bertz CT molecular complexity index is 1170. The molecular formula is C25H30N4O3. The van der Waals surface area contributed by atoms with Crippen LogP contribution in [0, 0.1) is 0 Å². The van der Waals surface area contributed by atoms with Crippen LogP contribution < -0.4 is 10.9 Å². The van der Waals surface area contributed by atoms with Gasteiger partial charge < -0.3 is 10.1 Å². The molecule has 1 saturated heterocycles. The van der Waals surface area contributed by atoms with Gasteiger partial charge in [0, 0.05) is 31.6 Å². The summed E-state index contributed by atoms with van der Waals surface area (Å²) in [5.41, 5.74) is 2.33. The van der Waals surface area contributed by atoms with Gasteiger partial charge in [-0.05, 0) is 38.0 Å². The number of nitrogens with zero attached hydrogens (tertiary/aromatic N) is 3. The Labute approximate surface area is 188 Å². The Morgan fingerprint density at radius 2 is 1.91 bits per heavy atom. The summed E-state index contributed by atoms with van der Waals surface area (Å²) < 4.78 is 7.00. The van der Waals surface area contributed by atoms with Crippen LogP contribution in [0.4, 0.5) is 0 Å². The number of carbonyl (C=O) groups excluding carboxylic acids is 1. The molecule has 0 radical (unpaired) electrons. The topological polar surface area (TPSA) is 76.5 Å². The van der Waals surface area contributed by atoms with E-state index in [0.717, 1.165) is 31.8 Å². The van der Waals surface area contributed by atoms with Gasteiger partial charge in [0.1, 0.15) is 0 Å². The van der Waals surface area contributed by atoms with Crippen molar-refractivity contribution >= 4 is 16.7 Å². The molecule has 0 saturated carbocycles. The third kappa shape index (κ3) is 4.89. The summed E-state index contributed by atoms with van der Waals surface area (Å²) in [6.07, 6.45) is 0.252. The van der Waals surface area contributed by atoms with Crippen molar-refractivity contribution in [2.45, 2.75) is 46.0 Å². The molecule has 1 aromatic heterocycles. The number of hydrogen-bond donors (Lipinski definition) is 1. The van der Waals surface area contributed by atoms with E-state index in [-0.39, 0.29) is 29.3 Å². The molecule has 2 heterocycles. The molecule has 1 unspecified atom stereocenters. The zero-order chi connectivity index (χ0) is 22.7. The van der Waals surface area contributed by atoms with E-state index in [4.69, 9.17) is 4.74 Å². The molecule has 7 nitrogen and oxygen atoms in total. The molecule has 1 aliphatic heterocycles. The molecule has 32 heavy (non-hydrogen) atoms. The summed E-state index contributed by atoms with van der Waals surface area (Å²) in [6, 6.07) is 15.3. The Kier molecular flexibility index (Phi) is 6.67. The molecule has 0 aliphatic carbocycles. The minimum Gasteiger partial charge on any atom is -0.376 e. The van der Waals surface area contributed by atoms with Crippen LogP contribution in [0.2, 0.25) is 0 Å². The number of nitrogens with one attached hydrogen (secondary N) is 1. The van der Waals surface area contributed by atoms with Crippen LogP contribution >= 0.6 is 0 Å². The third-order valence-electron chi connectivity index (χ3n) is 5.71. The quantitative estimate of drug-likeness (QED) is 0.645. The number of morpholine rings is 1. The number of ether oxygens (including phenoxy) is 1. The van der Waals surface area contributed by atoms with Gasteiger partial charge in [0.25, 0.3) is 11.5 Å². The minimum atomic E-state index is -0.289. The van der Waals surface area contributed by atoms with E-state index < -0.39 is 0 Å². The maximum absolute atomic E-state index is 13.0. The fourth-order valence-corrected chi connectivity index (χ4v) is 4.12. The average Bonchev–Trinajstić information content (AvgIpc) is 2.78. The molecular weight excluding hydrogens is 404 g/mol. The van der Waals surface area contributed by atoms with Crippen LogP contribution in [0.1, 0.15) is 48.4 Å². The van der Waals surface area contributed by atoms with Gasteiger partial charge in [-0.2, -0.15) is 5.10 Å². The molecule has 1 N–H and O–H groups in total. The van der Waals surface area contributed by atoms with E-state index in [1.165, 1.54) is 10.2 Å². The first kappa shape index (κ1) is 22.2. The molecule has 7 heteroatoms. The van der Waals surface area contributed by atoms with Crippen molar-refractivity contribution in [2.75, 3.05) is 19.7 Å². The zero-order valence-corrected chi connectivity index (χ0v) is 18.9. The van der Waals surface area contributed by atoms with Gasteiger partial charge in [0.15, 0.2) is 5.69 Å². The van der Waals surface area contributed by atoms with Gasteiger partial charge in [-0.15, -0.1) is 0 Å². The average molecular weight is 435 g/mol. The molecule has 1 aliphatic rings. The highest BCUT2D eigenvalue weighted by Gasteiger charge is 2.18. The number of fused-ring (bicyclic) bond motifs is 1. The summed E-state index contributed by atoms with van der Waals surface area (Å²) in [7, 11) is 0. The Morgan fingerprint density at radius 1 is 1.16 bits per heavy atom. The predicted molar refractivity (Wildman–Crippen MR) is 125 cm³/mol. The van der Waals surface area contributed by atoms with Crippen LogP contribution in [0.25, 0.3) is 10.8 Å². The van der Waals surface area contributed by atoms with Crippen LogP contribution in [-0.4, -0.2) is 46.4 Å². The number of hydrogen-bond acceptors (Lipinski definition) is 5. The van der Waals surface area contributed by atoms with E-state index in [9.17, 15) is 9.59 Å². The molecule has 2 aromatic carbocycles. The van der Waals surface area contributed by atoms with Crippen molar-refractivity contribution in [2.24, 2.45) is 0 Å². The molecule has 0 spiro atoms. The maximum atomic E-state index is 13.0. The SMILES string of the molecule is CC1CN(Cc2cccc(CNC(=O)c3nn(C(C)C)c(=O)c4ccccc34)c2)CCO1. The van der Waals surface area contributed by atoms with E-state index in [1.807, 2.05) is 32.0 Å². The largest absolute Gasteiger partial charge is 0.376 e. The molecule has 168 valence electrons. The summed E-state index contributed by atoms with van der Waals surface area (Å²) in [5.74, 6) is -0.289. The number of amides is 1. The van der Waals surface area contributed by atoms with Crippen molar-refractivity contribution in [3.63, 3.8) is 0 Å². The second-order valence-corrected chi connectivity index (χ2v) is 8.66. The number of rotatable bonds is 6. The van der Waals surface area contributed by atoms with Gasteiger partial charge >= 0.3 is 0 Å². The number of aromatic nitrogens is 2. The lowest BCUT2D eigenvalue weighted by atomic mass is 10.1. The lowest BCUT2D eigenvalue weighted by Crippen LogP contribution is -2.40. The van der Waals surface area contributed by atoms with Crippen molar-refractivity contribution in [1.29, 1.82) is 0 Å². The summed E-state index contributed by atoms with van der Waals surface area (Å²) in [6.45, 7) is 9.72. The Hall–Kier alpha value is -3.03. The summed E-state index contributed by atoms with van der Waals surface area (Å²) in [5, 5.41) is 8.44. The Balaban J connectivity index is 1.50. The highest BCUT2D eigenvalue weighted by molar-refractivity contribution is 6.04. The zero-order valence-electron chi connectivity index (χ0n) is 18.9. The van der Waals surface area contributed by atoms with Gasteiger partial charge in [0.05, 0.1) is 24.1 Å². The van der Waals surface area contributed by atoms with Crippen LogP contribution in [0.5, 0.6) is 0 Å². The highest BCUT2D eigenvalue weighted by atomic mass is 16.5. The minimum absolute atomic E-state index is 0.141. The summed E-state index contributed by atoms with van der Waals surface area (Å²) >= 11 is 0. The van der Waals surface area contributed by atoms with Crippen LogP contribution in [-0.2, 0) is 17.8 Å². The normalized spacial score (nSPS) is 17.1. The lowest BCUT2D eigenvalue weighted by molar-refractivity contribution is -0.0212. The summed E-state index contributed by atoms with van der Waals surface area (Å²) in [4.78, 5) is 28.1. The smallest absolute Gasteiger partial charge is 0.274 e. The fraction of sp³-hybridized carbons (Fsp3) is 0.400. The van der Waals surface area contributed by atoms with Crippen LogP contribution in [0.3, 0.4) is 0 Å². The predicted octanol–water partition coefficient (Wildman–Crippen LogP) is 3.13. The van der Waals surface area contributed by atoms with Gasteiger partial charge in [0.2, 0.25) is 0 Å². The van der Waals surface area contributed by atoms with E-state index in [0.29, 0.717) is 17.3 Å². The first-order valence-electron chi connectivity index (χ1n) is 11.1. The van der Waals surface area contributed by atoms with Gasteiger partial charge in [-0.3, -0.25) is 14.5 Å². The first-order chi connectivity index (χ1) is 15.4. The second-order valence-electron chi connectivity index (χ2n) is 8.66. The third-order valence-corrected chi connectivity index (χ3v) is 5.71. The first-order valence-corrected chi connectivity index (χ1v) is 11.1. The van der Waals surface area contributed by atoms with Gasteiger partial charge in [-0.1, -0.05) is 42.5 Å². The van der Waals surface area contributed by atoms with E-state index >= 15 is 0 Å². The molecule has 3 aromatic rings. The van der Waals surface area contributed by atoms with E-state index in [2.05, 4.69) is 34.4 Å². The fourth-order valence-electron chi connectivity index (χ4n) is 4.12. The maximum Gasteiger partial charge on any atom is 0.274 e. The lowest BCUT2D eigenvalue weighted by Gasteiger charge is -2.31. The second kappa shape index (κ2) is 9.63. The van der Waals surface area contributed by atoms with Crippen molar-refractivity contribution < 1.29 is 9.53 Å². The Morgan fingerprint density at radius 3 is 2.66 bits per heavy atom. The number of benzene rings is 2. The highest BCUT2D eigenvalue weighted by Crippen LogP contribution is 2.16. The van der Waals surface area contributed by atoms with Crippen LogP contribution in [0.15, 0.2) is 53.3 Å². The van der Waals surface area contributed by atoms with Crippen molar-refractivity contribution in [3.8, 4) is 0 Å². The molecule has 1 fully saturated rings.